The maximum absolute atomic E-state index is 12.9. The van der Waals surface area contributed by atoms with Gasteiger partial charge in [0.15, 0.2) is 0 Å². The number of anilines is 2. The molecule has 3 aromatic rings. The van der Waals surface area contributed by atoms with Crippen LogP contribution in [0.3, 0.4) is 0 Å². The summed E-state index contributed by atoms with van der Waals surface area (Å²) in [5.74, 6) is -6.26. The number of ether oxygens (including phenoxy) is 2. The van der Waals surface area contributed by atoms with Crippen LogP contribution in [0.15, 0.2) is 72.3 Å². The summed E-state index contributed by atoms with van der Waals surface area (Å²) >= 11 is 0. The van der Waals surface area contributed by atoms with E-state index in [1.54, 1.807) is 30.3 Å². The normalized spacial score (nSPS) is 12.2. The molecule has 0 aliphatic heterocycles. The summed E-state index contributed by atoms with van der Waals surface area (Å²) in [7, 11) is 0. The standard InChI is InChI=1S/C28H25F5N2O5/c29-27(30,28(31,32)33)10-1-11-39-23-8-4-19(5-9-23)26(38)40-24-6-2-17(3-7-24)12-20(25(36)37)13-18-14-21(34)16-22(35)15-18/h2-9,12,14-16H,1,10-11,13,34-35H2,(H,36,37)/b20-12+. The molecule has 0 saturated heterocycles. The van der Waals surface area contributed by atoms with E-state index in [1.165, 1.54) is 42.5 Å². The molecular weight excluding hydrogens is 539 g/mol. The Hall–Kier alpha value is -4.61. The van der Waals surface area contributed by atoms with Crippen molar-refractivity contribution in [2.24, 2.45) is 0 Å². The second-order valence-corrected chi connectivity index (χ2v) is 8.80. The van der Waals surface area contributed by atoms with Crippen LogP contribution in [0, 0.1) is 0 Å². The highest BCUT2D eigenvalue weighted by Crippen LogP contribution is 2.38. The van der Waals surface area contributed by atoms with Crippen LogP contribution in [-0.2, 0) is 11.2 Å². The van der Waals surface area contributed by atoms with Crippen LogP contribution in [-0.4, -0.2) is 35.8 Å². The second kappa shape index (κ2) is 12.5. The molecule has 0 aromatic heterocycles. The Morgan fingerprint density at radius 2 is 1.43 bits per heavy atom. The van der Waals surface area contributed by atoms with Crippen molar-refractivity contribution in [3.05, 3.63) is 89.0 Å². The van der Waals surface area contributed by atoms with Gasteiger partial charge in [-0.15, -0.1) is 0 Å². The smallest absolute Gasteiger partial charge is 0.453 e. The molecule has 0 fully saturated rings. The Labute approximate surface area is 225 Å². The topological polar surface area (TPSA) is 125 Å². The number of esters is 1. The van der Waals surface area contributed by atoms with Crippen molar-refractivity contribution < 1.29 is 46.1 Å². The number of aliphatic carboxylic acids is 1. The van der Waals surface area contributed by atoms with Crippen LogP contribution in [0.4, 0.5) is 33.3 Å². The molecule has 3 rings (SSSR count). The number of carbonyl (C=O) groups excluding carboxylic acids is 1. The van der Waals surface area contributed by atoms with Gasteiger partial charge in [0.25, 0.3) is 0 Å². The number of hydrogen-bond acceptors (Lipinski definition) is 6. The molecular formula is C28H25F5N2O5. The largest absolute Gasteiger partial charge is 0.494 e. The number of nitrogens with two attached hydrogens (primary N) is 2. The highest BCUT2D eigenvalue weighted by Gasteiger charge is 2.56. The van der Waals surface area contributed by atoms with Crippen molar-refractivity contribution in [3.63, 3.8) is 0 Å². The van der Waals surface area contributed by atoms with E-state index in [4.69, 9.17) is 20.9 Å². The van der Waals surface area contributed by atoms with Crippen LogP contribution in [0.1, 0.15) is 34.3 Å². The highest BCUT2D eigenvalue weighted by atomic mass is 19.4. The second-order valence-electron chi connectivity index (χ2n) is 8.80. The summed E-state index contributed by atoms with van der Waals surface area (Å²) < 4.78 is 72.9. The van der Waals surface area contributed by atoms with Gasteiger partial charge in [-0.3, -0.25) is 0 Å². The summed E-state index contributed by atoms with van der Waals surface area (Å²) in [6.45, 7) is -0.368. The molecule has 0 aliphatic rings. The monoisotopic (exact) mass is 564 g/mol. The maximum Gasteiger partial charge on any atom is 0.453 e. The number of nitrogen functional groups attached to an aromatic ring is 2. The Morgan fingerprint density at radius 1 is 0.850 bits per heavy atom. The first-order chi connectivity index (χ1) is 18.7. The van der Waals surface area contributed by atoms with Crippen molar-refractivity contribution in [3.8, 4) is 11.5 Å². The Bertz CT molecular complexity index is 1350. The van der Waals surface area contributed by atoms with E-state index < -0.39 is 36.9 Å². The average Bonchev–Trinajstić information content (AvgIpc) is 2.86. The zero-order chi connectivity index (χ0) is 29.5. The van der Waals surface area contributed by atoms with E-state index in [-0.39, 0.29) is 35.7 Å². The van der Waals surface area contributed by atoms with Crippen LogP contribution in [0.2, 0.25) is 0 Å². The first kappa shape index (κ1) is 29.9. The van der Waals surface area contributed by atoms with Crippen molar-refractivity contribution in [1.82, 2.24) is 0 Å². The summed E-state index contributed by atoms with van der Waals surface area (Å²) in [5, 5.41) is 9.60. The fraction of sp³-hybridized carbons (Fsp3) is 0.214. The van der Waals surface area contributed by atoms with Gasteiger partial charge in [-0.25, -0.2) is 9.59 Å². The molecule has 212 valence electrons. The third-order valence-electron chi connectivity index (χ3n) is 5.55. The van der Waals surface area contributed by atoms with Gasteiger partial charge in [0.1, 0.15) is 11.5 Å². The van der Waals surface area contributed by atoms with Gasteiger partial charge < -0.3 is 26.0 Å². The Balaban J connectivity index is 1.56. The molecule has 0 bridgehead atoms. The number of rotatable bonds is 11. The maximum atomic E-state index is 12.9. The van der Waals surface area contributed by atoms with Gasteiger partial charge in [0, 0.05) is 29.8 Å². The Kier molecular flexibility index (Phi) is 9.35. The molecule has 0 saturated carbocycles. The summed E-state index contributed by atoms with van der Waals surface area (Å²) in [5.41, 5.74) is 13.8. The van der Waals surface area contributed by atoms with E-state index in [9.17, 15) is 36.6 Å². The number of carbonyl (C=O) groups is 2. The average molecular weight is 565 g/mol. The number of hydrogen-bond donors (Lipinski definition) is 3. The predicted octanol–water partition coefficient (Wildman–Crippen LogP) is 6.14. The molecule has 0 spiro atoms. The molecule has 40 heavy (non-hydrogen) atoms. The first-order valence-corrected chi connectivity index (χ1v) is 11.8. The third kappa shape index (κ3) is 8.45. The van der Waals surface area contributed by atoms with E-state index in [0.717, 1.165) is 0 Å². The highest BCUT2D eigenvalue weighted by molar-refractivity contribution is 5.93. The lowest BCUT2D eigenvalue weighted by atomic mass is 10.0. The van der Waals surface area contributed by atoms with Crippen LogP contribution in [0.25, 0.3) is 6.08 Å². The number of benzene rings is 3. The minimum atomic E-state index is -5.61. The van der Waals surface area contributed by atoms with E-state index in [2.05, 4.69) is 0 Å². The van der Waals surface area contributed by atoms with Gasteiger partial charge in [-0.1, -0.05) is 12.1 Å². The SMILES string of the molecule is Nc1cc(N)cc(C/C(=C\c2ccc(OC(=O)c3ccc(OCCCC(F)(F)C(F)(F)F)cc3)cc2)C(=O)O)c1. The van der Waals surface area contributed by atoms with Gasteiger partial charge in [-0.2, -0.15) is 22.0 Å². The molecule has 3 aromatic carbocycles. The van der Waals surface area contributed by atoms with E-state index in [0.29, 0.717) is 22.5 Å². The van der Waals surface area contributed by atoms with Gasteiger partial charge in [0.05, 0.1) is 12.2 Å². The van der Waals surface area contributed by atoms with Gasteiger partial charge >= 0.3 is 24.0 Å². The fourth-order valence-electron chi connectivity index (χ4n) is 3.57. The number of halogens is 5. The van der Waals surface area contributed by atoms with E-state index in [1.807, 2.05) is 0 Å². The van der Waals surface area contributed by atoms with Crippen molar-refractivity contribution in [1.29, 1.82) is 0 Å². The molecule has 5 N–H and O–H groups in total. The van der Waals surface area contributed by atoms with Crippen molar-refractivity contribution >= 4 is 29.4 Å². The zero-order valence-electron chi connectivity index (χ0n) is 20.9. The summed E-state index contributed by atoms with van der Waals surface area (Å²) in [6, 6.07) is 16.3. The molecule has 0 unspecified atom stereocenters. The van der Waals surface area contributed by atoms with Crippen LogP contribution >= 0.6 is 0 Å². The molecule has 0 amide bonds. The third-order valence-corrected chi connectivity index (χ3v) is 5.55. The minimum Gasteiger partial charge on any atom is -0.494 e. The first-order valence-electron chi connectivity index (χ1n) is 11.8. The molecule has 7 nitrogen and oxygen atoms in total. The van der Waals surface area contributed by atoms with E-state index >= 15 is 0 Å². The minimum absolute atomic E-state index is 0.0844. The number of carboxylic acid groups (broad SMARTS) is 1. The van der Waals surface area contributed by atoms with Crippen molar-refractivity contribution in [2.75, 3.05) is 18.1 Å². The lowest BCUT2D eigenvalue weighted by molar-refractivity contribution is -0.284. The number of alkyl halides is 5. The van der Waals surface area contributed by atoms with Crippen LogP contribution in [0.5, 0.6) is 11.5 Å². The van der Waals surface area contributed by atoms with Gasteiger partial charge in [-0.05, 0) is 78.2 Å². The molecule has 12 heteroatoms. The molecule has 0 atom stereocenters. The predicted molar refractivity (Wildman–Crippen MR) is 138 cm³/mol. The number of carboxylic acids is 1. The summed E-state index contributed by atoms with van der Waals surface area (Å²) in [6.07, 6.45) is -5.98. The zero-order valence-corrected chi connectivity index (χ0v) is 20.9. The molecule has 0 radical (unpaired) electrons. The summed E-state index contributed by atoms with van der Waals surface area (Å²) in [4.78, 5) is 24.2. The van der Waals surface area contributed by atoms with Gasteiger partial charge in [0.2, 0.25) is 0 Å². The Morgan fingerprint density at radius 3 is 1.98 bits per heavy atom. The van der Waals surface area contributed by atoms with Crippen LogP contribution < -0.4 is 20.9 Å². The quantitative estimate of drug-likeness (QED) is 0.0638. The lowest BCUT2D eigenvalue weighted by Crippen LogP contribution is -2.36. The fourth-order valence-corrected chi connectivity index (χ4v) is 3.57. The molecule has 0 aliphatic carbocycles. The van der Waals surface area contributed by atoms with Crippen molar-refractivity contribution in [2.45, 2.75) is 31.4 Å². The molecule has 0 heterocycles. The lowest BCUT2D eigenvalue weighted by Gasteiger charge is -2.19.